The summed E-state index contributed by atoms with van der Waals surface area (Å²) in [6.45, 7) is 7.47. The number of aromatic nitrogens is 2. The molecule has 2 aliphatic rings. The van der Waals surface area contributed by atoms with Crippen molar-refractivity contribution in [1.29, 1.82) is 0 Å². The Kier molecular flexibility index (Phi) is 3.98. The van der Waals surface area contributed by atoms with Crippen molar-refractivity contribution in [1.82, 2.24) is 19.9 Å². The summed E-state index contributed by atoms with van der Waals surface area (Å²) in [6.07, 6.45) is 2.42. The highest BCUT2D eigenvalue weighted by molar-refractivity contribution is 7.07. The second-order valence-corrected chi connectivity index (χ2v) is 7.15. The Labute approximate surface area is 134 Å². The van der Waals surface area contributed by atoms with Gasteiger partial charge in [0.2, 0.25) is 5.89 Å². The van der Waals surface area contributed by atoms with Gasteiger partial charge in [-0.3, -0.25) is 9.80 Å². The minimum atomic E-state index is 0.514. The van der Waals surface area contributed by atoms with E-state index in [1.165, 1.54) is 18.4 Å². The lowest BCUT2D eigenvalue weighted by atomic mass is 10.1. The lowest BCUT2D eigenvalue weighted by Crippen LogP contribution is -2.46. The minimum Gasteiger partial charge on any atom is -0.339 e. The minimum absolute atomic E-state index is 0.514. The van der Waals surface area contributed by atoms with Gasteiger partial charge in [-0.25, -0.2) is 0 Å². The number of piperazine rings is 1. The van der Waals surface area contributed by atoms with Gasteiger partial charge >= 0.3 is 0 Å². The van der Waals surface area contributed by atoms with Gasteiger partial charge in [0.15, 0.2) is 5.82 Å². The maximum Gasteiger partial charge on any atom is 0.229 e. The average molecular weight is 318 g/mol. The van der Waals surface area contributed by atoms with Gasteiger partial charge in [0, 0.05) is 38.1 Å². The highest BCUT2D eigenvalue weighted by Gasteiger charge is 2.30. The summed E-state index contributed by atoms with van der Waals surface area (Å²) in [4.78, 5) is 9.52. The van der Waals surface area contributed by atoms with Crippen LogP contribution in [0.4, 0.5) is 0 Å². The van der Waals surface area contributed by atoms with Crippen LogP contribution in [0.25, 0.3) is 0 Å². The van der Waals surface area contributed by atoms with Crippen molar-refractivity contribution < 1.29 is 4.52 Å². The van der Waals surface area contributed by atoms with E-state index in [1.807, 2.05) is 0 Å². The fraction of sp³-hybridized carbons (Fsp3) is 0.625. The molecule has 1 saturated carbocycles. The molecule has 1 aliphatic heterocycles. The fourth-order valence-electron chi connectivity index (χ4n) is 3.06. The van der Waals surface area contributed by atoms with Crippen molar-refractivity contribution >= 4 is 11.3 Å². The molecular formula is C16H22N4OS. The first-order valence-corrected chi connectivity index (χ1v) is 9.05. The van der Waals surface area contributed by atoms with Gasteiger partial charge in [0.1, 0.15) is 0 Å². The van der Waals surface area contributed by atoms with Crippen LogP contribution in [-0.2, 0) is 6.54 Å². The van der Waals surface area contributed by atoms with Crippen LogP contribution < -0.4 is 0 Å². The summed E-state index contributed by atoms with van der Waals surface area (Å²) in [5.41, 5.74) is 1.44. The van der Waals surface area contributed by atoms with E-state index in [4.69, 9.17) is 4.52 Å². The van der Waals surface area contributed by atoms with Gasteiger partial charge in [0.25, 0.3) is 0 Å². The van der Waals surface area contributed by atoms with Crippen molar-refractivity contribution in [3.8, 4) is 0 Å². The van der Waals surface area contributed by atoms with Crippen LogP contribution in [0.1, 0.15) is 49.0 Å². The van der Waals surface area contributed by atoms with Crippen molar-refractivity contribution in [3.63, 3.8) is 0 Å². The number of thiophene rings is 1. The zero-order chi connectivity index (χ0) is 14.9. The molecule has 0 amide bonds. The quantitative estimate of drug-likeness (QED) is 0.848. The van der Waals surface area contributed by atoms with Crippen LogP contribution in [0.5, 0.6) is 0 Å². The molecule has 2 aromatic rings. The Bertz CT molecular complexity index is 599. The van der Waals surface area contributed by atoms with Gasteiger partial charge in [0.05, 0.1) is 6.54 Å². The lowest BCUT2D eigenvalue weighted by molar-refractivity contribution is 0.0958. The van der Waals surface area contributed by atoms with Crippen molar-refractivity contribution in [2.75, 3.05) is 26.2 Å². The standard InChI is InChI=1S/C16H22N4OS/c1-12(14-4-9-22-11-14)20-7-5-19(6-8-20)10-15-17-16(21-18-15)13-2-3-13/h4,9,11-13H,2-3,5-8,10H2,1H3/t12-/m1/s1. The van der Waals surface area contributed by atoms with Gasteiger partial charge in [-0.15, -0.1) is 0 Å². The first-order valence-electron chi connectivity index (χ1n) is 8.10. The van der Waals surface area contributed by atoms with E-state index in [0.717, 1.165) is 44.4 Å². The van der Waals surface area contributed by atoms with Crippen LogP contribution in [-0.4, -0.2) is 46.1 Å². The Morgan fingerprint density at radius 1 is 1.32 bits per heavy atom. The van der Waals surface area contributed by atoms with Gasteiger partial charge < -0.3 is 4.52 Å². The molecule has 0 spiro atoms. The smallest absolute Gasteiger partial charge is 0.229 e. The van der Waals surface area contributed by atoms with Crippen LogP contribution in [0.2, 0.25) is 0 Å². The molecular weight excluding hydrogens is 296 g/mol. The molecule has 1 aliphatic carbocycles. The van der Waals surface area contributed by atoms with E-state index in [-0.39, 0.29) is 0 Å². The summed E-state index contributed by atoms with van der Waals surface area (Å²) in [5, 5.41) is 8.55. The van der Waals surface area contributed by atoms with E-state index in [0.29, 0.717) is 12.0 Å². The maximum absolute atomic E-state index is 5.34. The molecule has 22 heavy (non-hydrogen) atoms. The summed E-state index contributed by atoms with van der Waals surface area (Å²) >= 11 is 1.78. The molecule has 118 valence electrons. The van der Waals surface area contributed by atoms with E-state index in [9.17, 15) is 0 Å². The molecule has 1 saturated heterocycles. The summed E-state index contributed by atoms with van der Waals surface area (Å²) < 4.78 is 5.34. The molecule has 0 radical (unpaired) electrons. The highest BCUT2D eigenvalue weighted by atomic mass is 32.1. The first kappa shape index (κ1) is 14.4. The molecule has 3 heterocycles. The Hall–Kier alpha value is -1.24. The van der Waals surface area contributed by atoms with Crippen molar-refractivity contribution in [3.05, 3.63) is 34.1 Å². The number of hydrogen-bond donors (Lipinski definition) is 0. The molecule has 0 bridgehead atoms. The molecule has 0 N–H and O–H groups in total. The Balaban J connectivity index is 1.29. The zero-order valence-electron chi connectivity index (χ0n) is 12.9. The van der Waals surface area contributed by atoms with Gasteiger partial charge in [-0.05, 0) is 42.2 Å². The third-order valence-corrected chi connectivity index (χ3v) is 5.46. The Morgan fingerprint density at radius 2 is 2.14 bits per heavy atom. The summed E-state index contributed by atoms with van der Waals surface area (Å²) in [6, 6.07) is 2.75. The van der Waals surface area contributed by atoms with E-state index in [1.54, 1.807) is 11.3 Å². The SMILES string of the molecule is C[C@H](c1ccsc1)N1CCN(Cc2noc(C3CC3)n2)CC1. The van der Waals surface area contributed by atoms with Gasteiger partial charge in [-0.2, -0.15) is 16.3 Å². The van der Waals surface area contributed by atoms with Crippen LogP contribution in [0.15, 0.2) is 21.3 Å². The molecule has 1 atom stereocenters. The normalized spacial score (nSPS) is 22.0. The summed E-state index contributed by atoms with van der Waals surface area (Å²) in [5.74, 6) is 2.24. The first-order chi connectivity index (χ1) is 10.8. The summed E-state index contributed by atoms with van der Waals surface area (Å²) in [7, 11) is 0. The zero-order valence-corrected chi connectivity index (χ0v) is 13.8. The van der Waals surface area contributed by atoms with Crippen molar-refractivity contribution in [2.24, 2.45) is 0 Å². The van der Waals surface area contributed by atoms with Crippen molar-refractivity contribution in [2.45, 2.75) is 38.3 Å². The van der Waals surface area contributed by atoms with E-state index >= 15 is 0 Å². The largest absolute Gasteiger partial charge is 0.339 e. The Morgan fingerprint density at radius 3 is 2.82 bits per heavy atom. The molecule has 0 unspecified atom stereocenters. The second kappa shape index (κ2) is 6.10. The van der Waals surface area contributed by atoms with E-state index < -0.39 is 0 Å². The third kappa shape index (κ3) is 3.09. The predicted molar refractivity (Wildman–Crippen MR) is 85.9 cm³/mol. The highest BCUT2D eigenvalue weighted by Crippen LogP contribution is 2.38. The average Bonchev–Trinajstić information content (AvgIpc) is 3.06. The van der Waals surface area contributed by atoms with Crippen LogP contribution in [0, 0.1) is 0 Å². The van der Waals surface area contributed by atoms with E-state index in [2.05, 4.69) is 43.7 Å². The lowest BCUT2D eigenvalue weighted by Gasteiger charge is -2.37. The molecule has 2 fully saturated rings. The third-order valence-electron chi connectivity index (χ3n) is 4.76. The van der Waals surface area contributed by atoms with Gasteiger partial charge in [-0.1, -0.05) is 5.16 Å². The van der Waals surface area contributed by atoms with Crippen LogP contribution >= 0.6 is 11.3 Å². The monoisotopic (exact) mass is 318 g/mol. The maximum atomic E-state index is 5.34. The number of rotatable bonds is 5. The fourth-order valence-corrected chi connectivity index (χ4v) is 3.81. The molecule has 2 aromatic heterocycles. The topological polar surface area (TPSA) is 45.4 Å². The predicted octanol–water partition coefficient (Wildman–Crippen LogP) is 2.89. The molecule has 6 heteroatoms. The molecule has 4 rings (SSSR count). The molecule has 5 nitrogen and oxygen atoms in total. The second-order valence-electron chi connectivity index (χ2n) is 6.37. The molecule has 0 aromatic carbocycles. The van der Waals surface area contributed by atoms with Crippen LogP contribution in [0.3, 0.4) is 0 Å². The number of nitrogens with zero attached hydrogens (tertiary/aromatic N) is 4. The number of hydrogen-bond acceptors (Lipinski definition) is 6.